The number of aromatic nitrogens is 5. The smallest absolute Gasteiger partial charge is 0.155 e. The van der Waals surface area contributed by atoms with E-state index in [0.29, 0.717) is 0 Å². The molecule has 0 atom stereocenters. The molecule has 0 aliphatic carbocycles. The summed E-state index contributed by atoms with van der Waals surface area (Å²) in [7, 11) is 0. The molecule has 0 saturated heterocycles. The van der Waals surface area contributed by atoms with E-state index in [1.165, 1.54) is 0 Å². The maximum atomic E-state index is 4.51. The molecule has 1 N–H and O–H groups in total. The van der Waals surface area contributed by atoms with Crippen LogP contribution < -0.4 is 4.90 Å². The lowest BCUT2D eigenvalue weighted by molar-refractivity contribution is 0.961. The van der Waals surface area contributed by atoms with Gasteiger partial charge in [-0.3, -0.25) is 10.1 Å². The molecule has 122 valence electrons. The average molecular weight is 329 g/mol. The molecule has 0 bridgehead atoms. The number of fused-ring (bicyclic) bond motifs is 2. The maximum absolute atomic E-state index is 4.51. The zero-order chi connectivity index (χ0) is 16.6. The van der Waals surface area contributed by atoms with E-state index in [0.717, 1.165) is 46.5 Å². The number of pyridine rings is 1. The van der Waals surface area contributed by atoms with Crippen molar-refractivity contribution in [1.29, 1.82) is 0 Å². The summed E-state index contributed by atoms with van der Waals surface area (Å²) in [4.78, 5) is 10.6. The number of hydrogen-bond donors (Lipinski definition) is 1. The third-order valence-electron chi connectivity index (χ3n) is 4.36. The van der Waals surface area contributed by atoms with Crippen LogP contribution in [-0.4, -0.2) is 37.6 Å². The Morgan fingerprint density at radius 2 is 2.12 bits per heavy atom. The minimum Gasteiger partial charge on any atom is -0.346 e. The van der Waals surface area contributed by atoms with Crippen molar-refractivity contribution < 1.29 is 0 Å². The molecule has 7 nitrogen and oxygen atoms in total. The minimum atomic E-state index is 0.819. The minimum absolute atomic E-state index is 0.819. The maximum Gasteiger partial charge on any atom is 0.155 e. The Morgan fingerprint density at radius 3 is 3.12 bits per heavy atom. The van der Waals surface area contributed by atoms with E-state index in [2.05, 4.69) is 48.4 Å². The fraction of sp³-hybridized carbons (Fsp3) is 0.111. The highest BCUT2D eigenvalue weighted by molar-refractivity contribution is 5.95. The van der Waals surface area contributed by atoms with E-state index in [9.17, 15) is 0 Å². The van der Waals surface area contributed by atoms with Crippen LogP contribution >= 0.6 is 0 Å². The summed E-state index contributed by atoms with van der Waals surface area (Å²) in [6.07, 6.45) is 10.2. The van der Waals surface area contributed by atoms with Crippen LogP contribution in [0.3, 0.4) is 0 Å². The van der Waals surface area contributed by atoms with Gasteiger partial charge >= 0.3 is 0 Å². The van der Waals surface area contributed by atoms with Crippen molar-refractivity contribution in [3.05, 3.63) is 55.3 Å². The van der Waals surface area contributed by atoms with Crippen molar-refractivity contribution in [2.24, 2.45) is 4.99 Å². The third kappa shape index (κ3) is 2.37. The Kier molecular flexibility index (Phi) is 3.09. The van der Waals surface area contributed by atoms with Crippen LogP contribution in [-0.2, 0) is 0 Å². The normalized spacial score (nSPS) is 14.5. The highest BCUT2D eigenvalue weighted by Gasteiger charge is 2.12. The summed E-state index contributed by atoms with van der Waals surface area (Å²) >= 11 is 0. The van der Waals surface area contributed by atoms with E-state index >= 15 is 0 Å². The number of aromatic amines is 1. The lowest BCUT2D eigenvalue weighted by Crippen LogP contribution is -2.16. The van der Waals surface area contributed by atoms with Gasteiger partial charge in [-0.2, -0.15) is 10.2 Å². The Balaban J connectivity index is 1.62. The molecule has 3 aromatic heterocycles. The molecule has 0 radical (unpaired) electrons. The first-order valence-corrected chi connectivity index (χ1v) is 8.11. The largest absolute Gasteiger partial charge is 0.346 e. The molecule has 25 heavy (non-hydrogen) atoms. The first kappa shape index (κ1) is 13.9. The van der Waals surface area contributed by atoms with E-state index in [4.69, 9.17) is 0 Å². The molecule has 4 heterocycles. The predicted molar refractivity (Wildman–Crippen MR) is 97.7 cm³/mol. The molecule has 1 aromatic carbocycles. The number of nitrogens with one attached hydrogen (secondary N) is 1. The van der Waals surface area contributed by atoms with Crippen molar-refractivity contribution in [1.82, 2.24) is 24.8 Å². The Morgan fingerprint density at radius 1 is 1.12 bits per heavy atom. The average Bonchev–Trinajstić information content (AvgIpc) is 3.19. The molecule has 4 aromatic rings. The molecule has 0 fully saturated rings. The highest BCUT2D eigenvalue weighted by Crippen LogP contribution is 2.30. The summed E-state index contributed by atoms with van der Waals surface area (Å²) < 4.78 is 1.76. The van der Waals surface area contributed by atoms with Crippen LogP contribution in [0.25, 0.3) is 27.8 Å². The summed E-state index contributed by atoms with van der Waals surface area (Å²) in [5.41, 5.74) is 4.85. The van der Waals surface area contributed by atoms with Gasteiger partial charge in [0.15, 0.2) is 5.65 Å². The Bertz CT molecular complexity index is 1120. The van der Waals surface area contributed by atoms with Gasteiger partial charge in [0, 0.05) is 54.4 Å². The third-order valence-corrected chi connectivity index (χ3v) is 4.36. The van der Waals surface area contributed by atoms with Gasteiger partial charge in [0.05, 0.1) is 5.52 Å². The summed E-state index contributed by atoms with van der Waals surface area (Å²) in [5.74, 6) is 0. The van der Waals surface area contributed by atoms with Crippen molar-refractivity contribution in [3.8, 4) is 11.3 Å². The summed E-state index contributed by atoms with van der Waals surface area (Å²) in [6.45, 7) is 0.906. The lowest BCUT2D eigenvalue weighted by Gasteiger charge is -2.18. The van der Waals surface area contributed by atoms with Crippen LogP contribution in [0, 0.1) is 0 Å². The number of anilines is 1. The molecule has 7 heteroatoms. The highest BCUT2D eigenvalue weighted by atomic mass is 15.3. The summed E-state index contributed by atoms with van der Waals surface area (Å²) in [5, 5.41) is 12.9. The first-order valence-electron chi connectivity index (χ1n) is 8.11. The Labute approximate surface area is 143 Å². The molecule has 0 amide bonds. The number of aliphatic imine (C=N–C) groups is 1. The molecular formula is C18H15N7. The van der Waals surface area contributed by atoms with E-state index in [1.54, 1.807) is 10.8 Å². The van der Waals surface area contributed by atoms with Gasteiger partial charge in [-0.25, -0.2) is 9.50 Å². The van der Waals surface area contributed by atoms with Crippen LogP contribution in [0.5, 0.6) is 0 Å². The molecule has 1 aliphatic rings. The second kappa shape index (κ2) is 5.55. The number of nitrogens with zero attached hydrogens (tertiary/aromatic N) is 6. The number of benzene rings is 1. The molecule has 1 aliphatic heterocycles. The second-order valence-corrected chi connectivity index (χ2v) is 5.89. The van der Waals surface area contributed by atoms with Gasteiger partial charge in [-0.1, -0.05) is 0 Å². The van der Waals surface area contributed by atoms with Crippen molar-refractivity contribution >= 4 is 28.5 Å². The zero-order valence-corrected chi connectivity index (χ0v) is 13.4. The second-order valence-electron chi connectivity index (χ2n) is 5.89. The topological polar surface area (TPSA) is 74.5 Å². The number of H-pyrrole nitrogens is 1. The van der Waals surface area contributed by atoms with E-state index < -0.39 is 0 Å². The van der Waals surface area contributed by atoms with Crippen molar-refractivity contribution in [2.45, 2.75) is 6.42 Å². The van der Waals surface area contributed by atoms with Gasteiger partial charge < -0.3 is 4.90 Å². The van der Waals surface area contributed by atoms with E-state index in [-0.39, 0.29) is 0 Å². The molecular weight excluding hydrogens is 314 g/mol. The lowest BCUT2D eigenvalue weighted by atomic mass is 10.1. The van der Waals surface area contributed by atoms with Crippen molar-refractivity contribution in [2.75, 3.05) is 11.4 Å². The van der Waals surface area contributed by atoms with Crippen LogP contribution in [0.4, 0.5) is 5.69 Å². The van der Waals surface area contributed by atoms with Crippen LogP contribution in [0.2, 0.25) is 0 Å². The standard InChI is InChI=1S/C18H15N7/c1-6-19-7-9-24(8-1)14-3-4-16-15(10-14)18(23-22-16)13-2-5-17-20-12-21-25(17)11-13/h2-7,9-12H,1,8H2,(H,22,23). The molecule has 5 rings (SSSR count). The Hall–Kier alpha value is -3.48. The van der Waals surface area contributed by atoms with Crippen LogP contribution in [0.15, 0.2) is 60.2 Å². The SMILES string of the molecule is C1=CN(c2ccc3[nH]nc(-c4ccc5ncnn5c4)c3c2)CCC=N1. The molecule has 0 spiro atoms. The number of hydrogen-bond acceptors (Lipinski definition) is 5. The van der Waals surface area contributed by atoms with Gasteiger partial charge in [-0.15, -0.1) is 0 Å². The predicted octanol–water partition coefficient (Wildman–Crippen LogP) is 3.02. The molecule has 0 unspecified atom stereocenters. The van der Waals surface area contributed by atoms with E-state index in [1.807, 2.05) is 36.9 Å². The monoisotopic (exact) mass is 329 g/mol. The van der Waals surface area contributed by atoms with Crippen LogP contribution in [0.1, 0.15) is 6.42 Å². The van der Waals surface area contributed by atoms with Gasteiger partial charge in [0.1, 0.15) is 12.0 Å². The van der Waals surface area contributed by atoms with Crippen molar-refractivity contribution in [3.63, 3.8) is 0 Å². The zero-order valence-electron chi connectivity index (χ0n) is 13.4. The van der Waals surface area contributed by atoms with Gasteiger partial charge in [-0.05, 0) is 30.3 Å². The fourth-order valence-corrected chi connectivity index (χ4v) is 3.10. The number of rotatable bonds is 2. The first-order chi connectivity index (χ1) is 12.4. The molecule has 0 saturated carbocycles. The fourth-order valence-electron chi connectivity index (χ4n) is 3.10. The summed E-state index contributed by atoms with van der Waals surface area (Å²) in [6, 6.07) is 10.3. The quantitative estimate of drug-likeness (QED) is 0.613. The van der Waals surface area contributed by atoms with Gasteiger partial charge in [0.25, 0.3) is 0 Å². The van der Waals surface area contributed by atoms with Gasteiger partial charge in [0.2, 0.25) is 0 Å².